The molecule has 11 heavy (non-hydrogen) atoms. The van der Waals surface area contributed by atoms with E-state index < -0.39 is 0 Å². The highest BCUT2D eigenvalue weighted by molar-refractivity contribution is 5.79. The molecule has 0 aromatic rings. The Balaban J connectivity index is 2.95. The van der Waals surface area contributed by atoms with Crippen LogP contribution in [0.4, 0.5) is 0 Å². The Labute approximate surface area is 68.6 Å². The molecule has 0 aliphatic carbocycles. The minimum absolute atomic E-state index is 0.0264. The lowest BCUT2D eigenvalue weighted by Gasteiger charge is -1.97. The number of carbonyl (C=O) groups is 1. The largest absolute Gasteiger partial charge is 0.389 e. The maximum Gasteiger partial charge on any atom is 0.158 e. The van der Waals surface area contributed by atoms with Crippen LogP contribution in [0.5, 0.6) is 0 Å². The van der Waals surface area contributed by atoms with Gasteiger partial charge in [-0.05, 0) is 6.42 Å². The number of ketones is 1. The molecule has 66 valence electrons. The van der Waals surface area contributed by atoms with Gasteiger partial charge in [-0.3, -0.25) is 4.79 Å². The molecule has 0 bridgehead atoms. The molecule has 0 unspecified atom stereocenters. The lowest BCUT2D eigenvalue weighted by Crippen LogP contribution is -2.02. The van der Waals surface area contributed by atoms with Crippen LogP contribution in [0.3, 0.4) is 0 Å². The van der Waals surface area contributed by atoms with Crippen LogP contribution >= 0.6 is 0 Å². The van der Waals surface area contributed by atoms with E-state index in [-0.39, 0.29) is 12.4 Å². The molecule has 0 atom stereocenters. The van der Waals surface area contributed by atoms with Crippen molar-refractivity contribution in [1.29, 1.82) is 0 Å². The predicted molar refractivity (Wildman–Crippen MR) is 45.5 cm³/mol. The highest BCUT2D eigenvalue weighted by atomic mass is 16.3. The summed E-state index contributed by atoms with van der Waals surface area (Å²) < 4.78 is 0. The fraction of sp³-hybridized carbons (Fsp3) is 0.889. The van der Waals surface area contributed by atoms with E-state index in [1.807, 2.05) is 0 Å². The van der Waals surface area contributed by atoms with Crippen molar-refractivity contribution < 1.29 is 9.90 Å². The molecule has 0 spiro atoms. The fourth-order valence-corrected chi connectivity index (χ4v) is 1.00. The molecule has 0 heterocycles. The third-order valence-corrected chi connectivity index (χ3v) is 1.74. The third kappa shape index (κ3) is 7.53. The Kier molecular flexibility index (Phi) is 7.47. The topological polar surface area (TPSA) is 37.3 Å². The standard InChI is InChI=1S/C9H18O2/c1-2-3-4-5-6-7-9(11)8-10/h10H,2-8H2,1H3. The molecule has 0 aromatic heterocycles. The molecule has 0 aromatic carbocycles. The molecule has 0 aliphatic rings. The second-order valence-electron chi connectivity index (χ2n) is 2.86. The smallest absolute Gasteiger partial charge is 0.158 e. The second-order valence-corrected chi connectivity index (χ2v) is 2.86. The van der Waals surface area contributed by atoms with Crippen LogP contribution in [0.2, 0.25) is 0 Å². The van der Waals surface area contributed by atoms with E-state index in [1.165, 1.54) is 19.3 Å². The summed E-state index contributed by atoms with van der Waals surface area (Å²) in [7, 11) is 0. The average Bonchev–Trinajstić information content (AvgIpc) is 2.04. The van der Waals surface area contributed by atoms with Gasteiger partial charge in [-0.15, -0.1) is 0 Å². The maximum absolute atomic E-state index is 10.6. The summed E-state index contributed by atoms with van der Waals surface area (Å²) >= 11 is 0. The van der Waals surface area contributed by atoms with E-state index in [1.54, 1.807) is 0 Å². The SMILES string of the molecule is CCCCCCCC(=O)CO. The van der Waals surface area contributed by atoms with Crippen LogP contribution in [0, 0.1) is 0 Å². The van der Waals surface area contributed by atoms with Gasteiger partial charge in [0.05, 0.1) is 0 Å². The molecule has 0 saturated heterocycles. The van der Waals surface area contributed by atoms with Gasteiger partial charge in [-0.2, -0.15) is 0 Å². The molecule has 2 heteroatoms. The number of Topliss-reactive ketones (excluding diaryl/α,β-unsaturated/α-hetero) is 1. The molecular weight excluding hydrogens is 140 g/mol. The lowest BCUT2D eigenvalue weighted by atomic mass is 10.1. The van der Waals surface area contributed by atoms with Crippen LogP contribution in [0.15, 0.2) is 0 Å². The van der Waals surface area contributed by atoms with Gasteiger partial charge in [0.15, 0.2) is 5.78 Å². The van der Waals surface area contributed by atoms with Crippen molar-refractivity contribution in [1.82, 2.24) is 0 Å². The zero-order chi connectivity index (χ0) is 8.53. The average molecular weight is 158 g/mol. The second kappa shape index (κ2) is 7.73. The maximum atomic E-state index is 10.6. The van der Waals surface area contributed by atoms with Crippen LogP contribution < -0.4 is 0 Å². The van der Waals surface area contributed by atoms with Gasteiger partial charge in [-0.25, -0.2) is 0 Å². The Morgan fingerprint density at radius 3 is 2.36 bits per heavy atom. The summed E-state index contributed by atoms with van der Waals surface area (Å²) in [5.74, 6) is -0.0264. The van der Waals surface area contributed by atoms with Crippen molar-refractivity contribution >= 4 is 5.78 Å². The zero-order valence-corrected chi connectivity index (χ0v) is 7.31. The minimum Gasteiger partial charge on any atom is -0.389 e. The molecule has 0 fully saturated rings. The summed E-state index contributed by atoms with van der Waals surface area (Å²) in [6.45, 7) is 1.88. The summed E-state index contributed by atoms with van der Waals surface area (Å²) in [5.41, 5.74) is 0. The van der Waals surface area contributed by atoms with Gasteiger partial charge in [-0.1, -0.05) is 32.6 Å². The van der Waals surface area contributed by atoms with Crippen molar-refractivity contribution in [2.75, 3.05) is 6.61 Å². The van der Waals surface area contributed by atoms with Gasteiger partial charge in [0, 0.05) is 6.42 Å². The van der Waals surface area contributed by atoms with E-state index >= 15 is 0 Å². The molecule has 2 nitrogen and oxygen atoms in total. The first-order valence-corrected chi connectivity index (χ1v) is 4.43. The summed E-state index contributed by atoms with van der Waals surface area (Å²) in [6.07, 6.45) is 6.33. The summed E-state index contributed by atoms with van der Waals surface area (Å²) in [5, 5.41) is 8.39. The number of unbranched alkanes of at least 4 members (excludes halogenated alkanes) is 4. The Hall–Kier alpha value is -0.370. The normalized spacial score (nSPS) is 10.0. The first-order chi connectivity index (χ1) is 5.31. The number of carbonyl (C=O) groups excluding carboxylic acids is 1. The fourth-order valence-electron chi connectivity index (χ4n) is 1.00. The van der Waals surface area contributed by atoms with Gasteiger partial charge >= 0.3 is 0 Å². The van der Waals surface area contributed by atoms with E-state index in [0.29, 0.717) is 6.42 Å². The Morgan fingerprint density at radius 2 is 1.82 bits per heavy atom. The highest BCUT2D eigenvalue weighted by Crippen LogP contribution is 2.04. The molecule has 0 saturated carbocycles. The monoisotopic (exact) mass is 158 g/mol. The minimum atomic E-state index is -0.284. The molecule has 0 aliphatic heterocycles. The van der Waals surface area contributed by atoms with Gasteiger partial charge in [0.2, 0.25) is 0 Å². The number of aliphatic hydroxyl groups excluding tert-OH is 1. The van der Waals surface area contributed by atoms with Crippen molar-refractivity contribution in [3.8, 4) is 0 Å². The molecular formula is C9H18O2. The van der Waals surface area contributed by atoms with Crippen LogP contribution in [-0.4, -0.2) is 17.5 Å². The summed E-state index contributed by atoms with van der Waals surface area (Å²) in [6, 6.07) is 0. The van der Waals surface area contributed by atoms with Crippen molar-refractivity contribution in [3.05, 3.63) is 0 Å². The van der Waals surface area contributed by atoms with Crippen LogP contribution in [0.1, 0.15) is 45.4 Å². The zero-order valence-electron chi connectivity index (χ0n) is 7.31. The first kappa shape index (κ1) is 10.6. The predicted octanol–water partition coefficient (Wildman–Crippen LogP) is 1.91. The van der Waals surface area contributed by atoms with Crippen LogP contribution in [-0.2, 0) is 4.79 Å². The first-order valence-electron chi connectivity index (χ1n) is 4.43. The third-order valence-electron chi connectivity index (χ3n) is 1.74. The molecule has 0 amide bonds. The van der Waals surface area contributed by atoms with Crippen molar-refractivity contribution in [3.63, 3.8) is 0 Å². The van der Waals surface area contributed by atoms with E-state index in [9.17, 15) is 4.79 Å². The Bertz CT molecular complexity index is 99.7. The quantitative estimate of drug-likeness (QED) is 0.575. The van der Waals surface area contributed by atoms with Crippen molar-refractivity contribution in [2.45, 2.75) is 45.4 Å². The van der Waals surface area contributed by atoms with E-state index in [4.69, 9.17) is 5.11 Å². The van der Waals surface area contributed by atoms with Gasteiger partial charge in [0.1, 0.15) is 6.61 Å². The molecule has 1 N–H and O–H groups in total. The number of rotatable bonds is 7. The lowest BCUT2D eigenvalue weighted by molar-refractivity contribution is -0.121. The number of hydrogen-bond acceptors (Lipinski definition) is 2. The van der Waals surface area contributed by atoms with E-state index in [0.717, 1.165) is 12.8 Å². The highest BCUT2D eigenvalue weighted by Gasteiger charge is 1.97. The van der Waals surface area contributed by atoms with E-state index in [2.05, 4.69) is 6.92 Å². The number of hydrogen-bond donors (Lipinski definition) is 1. The number of aliphatic hydroxyl groups is 1. The van der Waals surface area contributed by atoms with Gasteiger partial charge in [0.25, 0.3) is 0 Å². The summed E-state index contributed by atoms with van der Waals surface area (Å²) in [4.78, 5) is 10.6. The Morgan fingerprint density at radius 1 is 1.18 bits per heavy atom. The van der Waals surface area contributed by atoms with Crippen LogP contribution in [0.25, 0.3) is 0 Å². The molecule has 0 radical (unpaired) electrons. The molecule has 0 rings (SSSR count). The van der Waals surface area contributed by atoms with Gasteiger partial charge < -0.3 is 5.11 Å². The van der Waals surface area contributed by atoms with Crippen molar-refractivity contribution in [2.24, 2.45) is 0 Å².